The number of halogens is 2. The van der Waals surface area contributed by atoms with E-state index in [-0.39, 0.29) is 34.5 Å². The molecule has 2 heterocycles. The minimum atomic E-state index is -1.25. The Balaban J connectivity index is 1.31. The molecule has 0 saturated carbocycles. The second-order valence-corrected chi connectivity index (χ2v) is 7.85. The van der Waals surface area contributed by atoms with Gasteiger partial charge >= 0.3 is 5.97 Å². The SMILES string of the molecule is C[C@@H](C(=O)OCC(=O)NCc1ccc2c(c1)OCO2)N1C(=O)c2cc(Cl)c(Cl)cc2C1=O. The number of carbonyl (C=O) groups is 4. The van der Waals surface area contributed by atoms with Crippen LogP contribution in [0.4, 0.5) is 0 Å². The molecule has 0 aromatic heterocycles. The Hall–Kier alpha value is -3.30. The summed E-state index contributed by atoms with van der Waals surface area (Å²) in [5.74, 6) is -1.64. The molecular formula is C21H16Cl2N2O7. The molecule has 3 amide bonds. The molecule has 9 nitrogen and oxygen atoms in total. The van der Waals surface area contributed by atoms with Gasteiger partial charge in [0, 0.05) is 6.54 Å². The Morgan fingerprint density at radius 1 is 1.06 bits per heavy atom. The van der Waals surface area contributed by atoms with E-state index in [9.17, 15) is 19.2 Å². The average Bonchev–Trinajstić information content (AvgIpc) is 3.33. The minimum absolute atomic E-state index is 0.0468. The summed E-state index contributed by atoms with van der Waals surface area (Å²) in [5, 5.41) is 2.84. The Labute approximate surface area is 192 Å². The van der Waals surface area contributed by atoms with Crippen molar-refractivity contribution in [3.05, 3.63) is 57.1 Å². The van der Waals surface area contributed by atoms with E-state index in [4.69, 9.17) is 37.4 Å². The van der Waals surface area contributed by atoms with Crippen molar-refractivity contribution in [2.45, 2.75) is 19.5 Å². The van der Waals surface area contributed by atoms with Gasteiger partial charge in [-0.05, 0) is 36.8 Å². The van der Waals surface area contributed by atoms with Gasteiger partial charge in [-0.2, -0.15) is 0 Å². The van der Waals surface area contributed by atoms with Crippen LogP contribution < -0.4 is 14.8 Å². The molecule has 4 rings (SSSR count). The largest absolute Gasteiger partial charge is 0.454 e. The third kappa shape index (κ3) is 4.09. The molecule has 1 atom stereocenters. The highest BCUT2D eigenvalue weighted by molar-refractivity contribution is 6.43. The highest BCUT2D eigenvalue weighted by Crippen LogP contribution is 2.33. The van der Waals surface area contributed by atoms with Crippen molar-refractivity contribution in [3.63, 3.8) is 0 Å². The van der Waals surface area contributed by atoms with Crippen molar-refractivity contribution >= 4 is 46.9 Å². The Morgan fingerprint density at radius 2 is 1.69 bits per heavy atom. The van der Waals surface area contributed by atoms with Crippen LogP contribution in [-0.4, -0.2) is 48.0 Å². The molecule has 0 unspecified atom stereocenters. The maximum absolute atomic E-state index is 12.6. The van der Waals surface area contributed by atoms with Gasteiger partial charge in [0.15, 0.2) is 18.1 Å². The first kappa shape index (κ1) is 21.9. The van der Waals surface area contributed by atoms with Crippen molar-refractivity contribution in [3.8, 4) is 11.5 Å². The predicted molar refractivity (Wildman–Crippen MR) is 112 cm³/mol. The number of ether oxygens (including phenoxy) is 3. The van der Waals surface area contributed by atoms with Gasteiger partial charge in [-0.3, -0.25) is 19.3 Å². The van der Waals surface area contributed by atoms with Gasteiger partial charge in [-0.25, -0.2) is 4.79 Å². The molecule has 0 bridgehead atoms. The lowest BCUT2D eigenvalue weighted by atomic mass is 10.1. The zero-order chi connectivity index (χ0) is 23.0. The summed E-state index contributed by atoms with van der Waals surface area (Å²) in [6.45, 7) is 1.08. The van der Waals surface area contributed by atoms with Crippen LogP contribution in [0.2, 0.25) is 10.0 Å². The van der Waals surface area contributed by atoms with Crippen LogP contribution in [0.1, 0.15) is 33.2 Å². The number of rotatable bonds is 6. The fraction of sp³-hybridized carbons (Fsp3) is 0.238. The molecule has 32 heavy (non-hydrogen) atoms. The molecular weight excluding hydrogens is 463 g/mol. The van der Waals surface area contributed by atoms with E-state index in [0.29, 0.717) is 11.5 Å². The number of imide groups is 1. The maximum Gasteiger partial charge on any atom is 0.329 e. The van der Waals surface area contributed by atoms with Gasteiger partial charge in [-0.15, -0.1) is 0 Å². The second kappa shape index (κ2) is 8.68. The zero-order valence-electron chi connectivity index (χ0n) is 16.6. The lowest BCUT2D eigenvalue weighted by molar-refractivity contribution is -0.151. The lowest BCUT2D eigenvalue weighted by Gasteiger charge is -2.20. The van der Waals surface area contributed by atoms with E-state index in [1.807, 2.05) is 0 Å². The van der Waals surface area contributed by atoms with Crippen LogP contribution in [0.25, 0.3) is 0 Å². The monoisotopic (exact) mass is 478 g/mol. The first-order chi connectivity index (χ1) is 15.3. The number of hydrogen-bond donors (Lipinski definition) is 1. The molecule has 166 valence electrons. The number of carbonyl (C=O) groups excluding carboxylic acids is 4. The van der Waals surface area contributed by atoms with E-state index in [1.54, 1.807) is 18.2 Å². The molecule has 2 aromatic carbocycles. The Bertz CT molecular complexity index is 1110. The van der Waals surface area contributed by atoms with Gasteiger partial charge < -0.3 is 19.5 Å². The molecule has 0 fully saturated rings. The van der Waals surface area contributed by atoms with Crippen molar-refractivity contribution < 1.29 is 33.4 Å². The number of benzene rings is 2. The Kier molecular flexibility index (Phi) is 5.94. The first-order valence-electron chi connectivity index (χ1n) is 9.45. The van der Waals surface area contributed by atoms with E-state index in [2.05, 4.69) is 5.32 Å². The van der Waals surface area contributed by atoms with E-state index in [1.165, 1.54) is 19.1 Å². The Morgan fingerprint density at radius 3 is 2.34 bits per heavy atom. The molecule has 0 aliphatic carbocycles. The number of fused-ring (bicyclic) bond motifs is 2. The first-order valence-corrected chi connectivity index (χ1v) is 10.2. The fourth-order valence-electron chi connectivity index (χ4n) is 3.27. The van der Waals surface area contributed by atoms with Crippen LogP contribution in [0, 0.1) is 0 Å². The summed E-state index contributed by atoms with van der Waals surface area (Å²) >= 11 is 11.8. The summed E-state index contributed by atoms with van der Waals surface area (Å²) < 4.78 is 15.5. The summed E-state index contributed by atoms with van der Waals surface area (Å²) in [5.41, 5.74) is 0.863. The van der Waals surface area contributed by atoms with Gasteiger partial charge in [-0.1, -0.05) is 29.3 Å². The number of nitrogens with one attached hydrogen (secondary N) is 1. The predicted octanol–water partition coefficient (Wildman–Crippen LogP) is 2.57. The molecule has 11 heteroatoms. The zero-order valence-corrected chi connectivity index (χ0v) is 18.2. The standard InChI is InChI=1S/C21H16Cl2N2O7/c1-10(25-19(27)12-5-14(22)15(23)6-13(12)20(25)28)21(29)30-8-18(26)24-7-11-2-3-16-17(4-11)32-9-31-16/h2-6,10H,7-9H2,1H3,(H,24,26)/t10-/m0/s1. The number of amides is 3. The van der Waals surface area contributed by atoms with Crippen molar-refractivity contribution in [1.82, 2.24) is 10.2 Å². The molecule has 1 N–H and O–H groups in total. The molecule has 0 radical (unpaired) electrons. The van der Waals surface area contributed by atoms with Crippen LogP contribution in [-0.2, 0) is 20.9 Å². The maximum atomic E-state index is 12.6. The van der Waals surface area contributed by atoms with Crippen LogP contribution in [0.3, 0.4) is 0 Å². The molecule has 0 saturated heterocycles. The number of hydrogen-bond acceptors (Lipinski definition) is 7. The van der Waals surface area contributed by atoms with Crippen molar-refractivity contribution in [2.24, 2.45) is 0 Å². The van der Waals surface area contributed by atoms with Gasteiger partial charge in [0.05, 0.1) is 21.2 Å². The normalized spacial score (nSPS) is 14.9. The van der Waals surface area contributed by atoms with Gasteiger partial charge in [0.1, 0.15) is 6.04 Å². The van der Waals surface area contributed by atoms with Crippen molar-refractivity contribution in [1.29, 1.82) is 0 Å². The lowest BCUT2D eigenvalue weighted by Crippen LogP contribution is -2.44. The number of nitrogens with zero attached hydrogens (tertiary/aromatic N) is 1. The van der Waals surface area contributed by atoms with Crippen LogP contribution >= 0.6 is 23.2 Å². The average molecular weight is 479 g/mol. The van der Waals surface area contributed by atoms with Crippen LogP contribution in [0.5, 0.6) is 11.5 Å². The molecule has 2 aromatic rings. The quantitative estimate of drug-likeness (QED) is 0.501. The third-order valence-electron chi connectivity index (χ3n) is 4.96. The molecule has 0 spiro atoms. The van der Waals surface area contributed by atoms with Gasteiger partial charge in [0.2, 0.25) is 6.79 Å². The smallest absolute Gasteiger partial charge is 0.329 e. The second-order valence-electron chi connectivity index (χ2n) is 7.04. The fourth-order valence-corrected chi connectivity index (χ4v) is 3.60. The minimum Gasteiger partial charge on any atom is -0.454 e. The molecule has 2 aliphatic rings. The summed E-state index contributed by atoms with van der Waals surface area (Å²) in [6, 6.07) is 6.54. The summed E-state index contributed by atoms with van der Waals surface area (Å²) in [6.07, 6.45) is 0. The summed E-state index contributed by atoms with van der Waals surface area (Å²) in [4.78, 5) is 50.4. The van der Waals surface area contributed by atoms with E-state index in [0.717, 1.165) is 10.5 Å². The van der Waals surface area contributed by atoms with E-state index >= 15 is 0 Å². The topological polar surface area (TPSA) is 111 Å². The summed E-state index contributed by atoms with van der Waals surface area (Å²) in [7, 11) is 0. The van der Waals surface area contributed by atoms with Gasteiger partial charge in [0.25, 0.3) is 17.7 Å². The highest BCUT2D eigenvalue weighted by Gasteiger charge is 2.42. The van der Waals surface area contributed by atoms with E-state index < -0.39 is 36.3 Å². The number of esters is 1. The van der Waals surface area contributed by atoms with Crippen LogP contribution in [0.15, 0.2) is 30.3 Å². The highest BCUT2D eigenvalue weighted by atomic mass is 35.5. The molecule has 2 aliphatic heterocycles. The third-order valence-corrected chi connectivity index (χ3v) is 5.68. The van der Waals surface area contributed by atoms with Crippen molar-refractivity contribution in [2.75, 3.05) is 13.4 Å².